The minimum atomic E-state index is -3.17. The Hall–Kier alpha value is -1.19. The van der Waals surface area contributed by atoms with Crippen molar-refractivity contribution in [2.24, 2.45) is 5.92 Å². The molecule has 3 heterocycles. The van der Waals surface area contributed by atoms with Gasteiger partial charge in [0.05, 0.1) is 6.26 Å². The summed E-state index contributed by atoms with van der Waals surface area (Å²) in [5, 5.41) is 0. The van der Waals surface area contributed by atoms with Gasteiger partial charge in [0.15, 0.2) is 0 Å². The maximum atomic E-state index is 12.7. The Labute approximate surface area is 149 Å². The van der Waals surface area contributed by atoms with Crippen LogP contribution in [0.4, 0.5) is 0 Å². The van der Waals surface area contributed by atoms with Crippen LogP contribution >= 0.6 is 0 Å². The zero-order valence-corrected chi connectivity index (χ0v) is 15.5. The second-order valence-corrected chi connectivity index (χ2v) is 9.07. The summed E-state index contributed by atoms with van der Waals surface area (Å²) in [6.45, 7) is 3.66. The van der Waals surface area contributed by atoms with E-state index in [2.05, 4.69) is 0 Å². The highest BCUT2D eigenvalue weighted by atomic mass is 32.2. The highest BCUT2D eigenvalue weighted by molar-refractivity contribution is 7.88. The molecule has 0 aliphatic carbocycles. The molecule has 0 spiro atoms. The lowest BCUT2D eigenvalue weighted by Gasteiger charge is -2.38. The number of nitrogens with zero attached hydrogens (tertiary/aromatic N) is 3. The number of piperazine rings is 1. The van der Waals surface area contributed by atoms with E-state index in [0.29, 0.717) is 58.7 Å². The SMILES string of the molecule is CS(=O)(=O)N1CCC(C(=O)N2CCN(C(=O)C3CCCO3)CC2)CC1. The van der Waals surface area contributed by atoms with Crippen molar-refractivity contribution in [1.82, 2.24) is 14.1 Å². The lowest BCUT2D eigenvalue weighted by Crippen LogP contribution is -2.54. The number of amides is 2. The maximum absolute atomic E-state index is 12.7. The van der Waals surface area contributed by atoms with Crippen LogP contribution < -0.4 is 0 Å². The molecule has 25 heavy (non-hydrogen) atoms. The average molecular weight is 373 g/mol. The first-order valence-corrected chi connectivity index (χ1v) is 10.9. The van der Waals surface area contributed by atoms with E-state index in [1.165, 1.54) is 10.6 Å². The number of sulfonamides is 1. The number of hydrogen-bond donors (Lipinski definition) is 0. The Morgan fingerprint density at radius 1 is 0.880 bits per heavy atom. The van der Waals surface area contributed by atoms with Gasteiger partial charge in [0, 0.05) is 51.8 Å². The second kappa shape index (κ2) is 7.59. The third kappa shape index (κ3) is 4.32. The molecule has 2 amide bonds. The van der Waals surface area contributed by atoms with Gasteiger partial charge < -0.3 is 14.5 Å². The molecule has 0 aromatic carbocycles. The lowest BCUT2D eigenvalue weighted by molar-refractivity contribution is -0.147. The van der Waals surface area contributed by atoms with Crippen molar-refractivity contribution >= 4 is 21.8 Å². The van der Waals surface area contributed by atoms with Crippen LogP contribution in [0, 0.1) is 5.92 Å². The zero-order chi connectivity index (χ0) is 18.0. The van der Waals surface area contributed by atoms with Crippen molar-refractivity contribution in [2.45, 2.75) is 31.8 Å². The monoisotopic (exact) mass is 373 g/mol. The van der Waals surface area contributed by atoms with Gasteiger partial charge in [0.2, 0.25) is 15.9 Å². The molecule has 1 atom stereocenters. The van der Waals surface area contributed by atoms with Gasteiger partial charge in [-0.1, -0.05) is 0 Å². The Bertz CT molecular complexity index is 601. The Morgan fingerprint density at radius 3 is 1.92 bits per heavy atom. The zero-order valence-electron chi connectivity index (χ0n) is 14.7. The molecule has 142 valence electrons. The largest absolute Gasteiger partial charge is 0.368 e. The van der Waals surface area contributed by atoms with Gasteiger partial charge in [0.1, 0.15) is 6.10 Å². The number of ether oxygens (including phenoxy) is 1. The van der Waals surface area contributed by atoms with Crippen LogP contribution in [0.15, 0.2) is 0 Å². The summed E-state index contributed by atoms with van der Waals surface area (Å²) in [5.74, 6) is 0.0295. The topological polar surface area (TPSA) is 87.2 Å². The summed E-state index contributed by atoms with van der Waals surface area (Å²) in [6, 6.07) is 0. The van der Waals surface area contributed by atoms with E-state index < -0.39 is 10.0 Å². The molecule has 3 rings (SSSR count). The number of carbonyl (C=O) groups excluding carboxylic acids is 2. The first-order chi connectivity index (χ1) is 11.9. The fraction of sp³-hybridized carbons (Fsp3) is 0.875. The van der Waals surface area contributed by atoms with E-state index in [4.69, 9.17) is 4.74 Å². The predicted octanol–water partition coefficient (Wildman–Crippen LogP) is -0.492. The van der Waals surface area contributed by atoms with Gasteiger partial charge in [-0.05, 0) is 25.7 Å². The van der Waals surface area contributed by atoms with E-state index in [9.17, 15) is 18.0 Å². The molecule has 0 saturated carbocycles. The predicted molar refractivity (Wildman–Crippen MR) is 91.3 cm³/mol. The normalized spacial score (nSPS) is 26.8. The minimum absolute atomic E-state index is 0.0473. The summed E-state index contributed by atoms with van der Waals surface area (Å²) in [7, 11) is -3.17. The number of hydrogen-bond acceptors (Lipinski definition) is 5. The first kappa shape index (κ1) is 18.6. The van der Waals surface area contributed by atoms with E-state index in [0.717, 1.165) is 12.8 Å². The quantitative estimate of drug-likeness (QED) is 0.666. The van der Waals surface area contributed by atoms with Crippen LogP contribution in [0.3, 0.4) is 0 Å². The molecule has 1 unspecified atom stereocenters. The van der Waals surface area contributed by atoms with Crippen molar-refractivity contribution in [2.75, 3.05) is 52.1 Å². The Balaban J connectivity index is 1.46. The highest BCUT2D eigenvalue weighted by Crippen LogP contribution is 2.22. The molecule has 0 N–H and O–H groups in total. The summed E-state index contributed by atoms with van der Waals surface area (Å²) < 4.78 is 30.0. The molecule has 3 fully saturated rings. The van der Waals surface area contributed by atoms with E-state index in [1.807, 2.05) is 4.90 Å². The van der Waals surface area contributed by atoms with Crippen LogP contribution in [0.2, 0.25) is 0 Å². The summed E-state index contributed by atoms with van der Waals surface area (Å²) >= 11 is 0. The van der Waals surface area contributed by atoms with E-state index in [-0.39, 0.29) is 23.8 Å². The molecule has 0 aromatic rings. The van der Waals surface area contributed by atoms with Gasteiger partial charge in [-0.2, -0.15) is 0 Å². The molecule has 9 heteroatoms. The molecular weight excluding hydrogens is 346 g/mol. The van der Waals surface area contributed by atoms with Crippen LogP contribution in [0.5, 0.6) is 0 Å². The molecule has 0 bridgehead atoms. The fourth-order valence-corrected chi connectivity index (χ4v) is 4.69. The molecule has 3 aliphatic heterocycles. The van der Waals surface area contributed by atoms with Gasteiger partial charge in [0.25, 0.3) is 5.91 Å². The summed E-state index contributed by atoms with van der Waals surface area (Å²) in [6.07, 6.45) is 3.77. The number of rotatable bonds is 3. The van der Waals surface area contributed by atoms with Gasteiger partial charge in [-0.15, -0.1) is 0 Å². The van der Waals surface area contributed by atoms with Crippen molar-refractivity contribution < 1.29 is 22.7 Å². The van der Waals surface area contributed by atoms with Crippen molar-refractivity contribution in [3.8, 4) is 0 Å². The standard InChI is InChI=1S/C16H27N3O5S/c1-25(22,23)19-6-4-13(5-7-19)15(20)17-8-10-18(11-9-17)16(21)14-3-2-12-24-14/h13-14H,2-12H2,1H3. The molecule has 0 radical (unpaired) electrons. The maximum Gasteiger partial charge on any atom is 0.251 e. The van der Waals surface area contributed by atoms with E-state index >= 15 is 0 Å². The first-order valence-electron chi connectivity index (χ1n) is 9.00. The third-order valence-corrected chi connectivity index (χ3v) is 6.68. The smallest absolute Gasteiger partial charge is 0.251 e. The Morgan fingerprint density at radius 2 is 1.44 bits per heavy atom. The number of piperidine rings is 1. The lowest BCUT2D eigenvalue weighted by atomic mass is 9.96. The van der Waals surface area contributed by atoms with Crippen LogP contribution in [0.25, 0.3) is 0 Å². The average Bonchev–Trinajstić information content (AvgIpc) is 3.14. The molecule has 8 nitrogen and oxygen atoms in total. The van der Waals surface area contributed by atoms with E-state index in [1.54, 1.807) is 4.90 Å². The number of carbonyl (C=O) groups is 2. The summed E-state index contributed by atoms with van der Waals surface area (Å²) in [4.78, 5) is 28.6. The van der Waals surface area contributed by atoms with Gasteiger partial charge >= 0.3 is 0 Å². The molecular formula is C16H27N3O5S. The third-order valence-electron chi connectivity index (χ3n) is 5.38. The van der Waals surface area contributed by atoms with Gasteiger partial charge in [-0.25, -0.2) is 12.7 Å². The minimum Gasteiger partial charge on any atom is -0.368 e. The van der Waals surface area contributed by atoms with Crippen molar-refractivity contribution in [3.05, 3.63) is 0 Å². The van der Waals surface area contributed by atoms with Crippen LogP contribution in [0.1, 0.15) is 25.7 Å². The van der Waals surface area contributed by atoms with Crippen molar-refractivity contribution in [3.63, 3.8) is 0 Å². The van der Waals surface area contributed by atoms with Gasteiger partial charge in [-0.3, -0.25) is 9.59 Å². The second-order valence-electron chi connectivity index (χ2n) is 7.09. The van der Waals surface area contributed by atoms with Crippen molar-refractivity contribution in [1.29, 1.82) is 0 Å². The molecule has 0 aromatic heterocycles. The summed E-state index contributed by atoms with van der Waals surface area (Å²) in [5.41, 5.74) is 0. The van der Waals surface area contributed by atoms with Crippen LogP contribution in [-0.2, 0) is 24.3 Å². The highest BCUT2D eigenvalue weighted by Gasteiger charge is 2.35. The fourth-order valence-electron chi connectivity index (χ4n) is 3.82. The van der Waals surface area contributed by atoms with Crippen LogP contribution in [-0.4, -0.2) is 92.6 Å². The molecule has 3 aliphatic rings. The Kier molecular flexibility index (Phi) is 5.65. The molecule has 3 saturated heterocycles.